The number of nitrogens with zero attached hydrogens (tertiary/aromatic N) is 2. The van der Waals surface area contributed by atoms with Gasteiger partial charge in [0, 0.05) is 11.9 Å². The van der Waals surface area contributed by atoms with Crippen LogP contribution in [0.25, 0.3) is 10.2 Å². The molecule has 0 spiro atoms. The Hall–Kier alpha value is -1.36. The van der Waals surface area contributed by atoms with Gasteiger partial charge >= 0.3 is 0 Å². The normalized spacial score (nSPS) is 10.6. The average molecular weight is 194 g/mol. The lowest BCUT2D eigenvalue weighted by Crippen LogP contribution is -1.99. The first-order valence-electron chi connectivity index (χ1n) is 3.92. The minimum atomic E-state index is 0.318. The topological polar surface area (TPSA) is 63.8 Å². The minimum Gasteiger partial charge on any atom is -0.372 e. The highest BCUT2D eigenvalue weighted by molar-refractivity contribution is 7.18. The van der Waals surface area contributed by atoms with Gasteiger partial charge in [-0.25, -0.2) is 4.98 Å². The van der Waals surface area contributed by atoms with E-state index in [4.69, 9.17) is 5.73 Å². The maximum atomic E-state index is 5.55. The number of aromatic nitrogens is 2. The Morgan fingerprint density at radius 1 is 1.46 bits per heavy atom. The molecule has 2 rings (SSSR count). The third-order valence-electron chi connectivity index (χ3n) is 1.77. The molecular formula is C8H10N4S. The summed E-state index contributed by atoms with van der Waals surface area (Å²) in [5.74, 6) is 1.12. The highest BCUT2D eigenvalue weighted by atomic mass is 32.1. The van der Waals surface area contributed by atoms with E-state index in [2.05, 4.69) is 21.4 Å². The van der Waals surface area contributed by atoms with E-state index in [0.717, 1.165) is 16.0 Å². The maximum absolute atomic E-state index is 5.55. The van der Waals surface area contributed by atoms with Crippen molar-refractivity contribution in [1.82, 2.24) is 9.97 Å². The summed E-state index contributed by atoms with van der Waals surface area (Å²) in [6.07, 6.45) is 0. The summed E-state index contributed by atoms with van der Waals surface area (Å²) in [6, 6.07) is 2.06. The van der Waals surface area contributed by atoms with Crippen LogP contribution in [0.15, 0.2) is 6.07 Å². The van der Waals surface area contributed by atoms with Gasteiger partial charge in [0.15, 0.2) is 0 Å². The summed E-state index contributed by atoms with van der Waals surface area (Å²) in [4.78, 5) is 10.4. The highest BCUT2D eigenvalue weighted by Crippen LogP contribution is 2.28. The van der Waals surface area contributed by atoms with Crippen molar-refractivity contribution >= 4 is 33.3 Å². The standard InChI is InChI=1S/C8H10N4S/c1-4-3-5-6(10-2)11-8(9)12-7(5)13-4/h3H,1-2H3,(H3,9,10,11,12). The Morgan fingerprint density at radius 2 is 2.23 bits per heavy atom. The second-order valence-electron chi connectivity index (χ2n) is 2.76. The van der Waals surface area contributed by atoms with Crippen molar-refractivity contribution in [3.05, 3.63) is 10.9 Å². The molecule has 2 heterocycles. The molecule has 0 aromatic carbocycles. The predicted molar refractivity (Wildman–Crippen MR) is 56.1 cm³/mol. The lowest BCUT2D eigenvalue weighted by Gasteiger charge is -2.00. The molecule has 2 aromatic heterocycles. The number of aryl methyl sites for hydroxylation is 1. The molecule has 0 radical (unpaired) electrons. The molecule has 0 aliphatic rings. The number of rotatable bonds is 1. The second-order valence-corrected chi connectivity index (χ2v) is 3.99. The van der Waals surface area contributed by atoms with Crippen LogP contribution in [0.1, 0.15) is 4.88 Å². The zero-order valence-electron chi connectivity index (χ0n) is 7.46. The van der Waals surface area contributed by atoms with Crippen LogP contribution in [-0.2, 0) is 0 Å². The molecule has 68 valence electrons. The molecule has 0 amide bonds. The van der Waals surface area contributed by atoms with Gasteiger partial charge in [-0.1, -0.05) is 0 Å². The molecule has 3 N–H and O–H groups in total. The summed E-state index contributed by atoms with van der Waals surface area (Å²) in [6.45, 7) is 2.04. The number of anilines is 2. The molecule has 5 heteroatoms. The van der Waals surface area contributed by atoms with Crippen LogP contribution in [0.5, 0.6) is 0 Å². The fraction of sp³-hybridized carbons (Fsp3) is 0.250. The van der Waals surface area contributed by atoms with Gasteiger partial charge < -0.3 is 11.1 Å². The van der Waals surface area contributed by atoms with Crippen molar-refractivity contribution in [2.45, 2.75) is 6.92 Å². The third-order valence-corrected chi connectivity index (χ3v) is 2.71. The van der Waals surface area contributed by atoms with Crippen LogP contribution in [-0.4, -0.2) is 17.0 Å². The summed E-state index contributed by atoms with van der Waals surface area (Å²) in [7, 11) is 1.83. The van der Waals surface area contributed by atoms with Crippen LogP contribution >= 0.6 is 11.3 Å². The lowest BCUT2D eigenvalue weighted by molar-refractivity contribution is 1.23. The van der Waals surface area contributed by atoms with Crippen molar-refractivity contribution < 1.29 is 0 Å². The number of hydrogen-bond acceptors (Lipinski definition) is 5. The second kappa shape index (κ2) is 2.85. The first-order chi connectivity index (χ1) is 6.20. The first kappa shape index (κ1) is 8.25. The van der Waals surface area contributed by atoms with Crippen LogP contribution in [0, 0.1) is 6.92 Å². The smallest absolute Gasteiger partial charge is 0.223 e. The van der Waals surface area contributed by atoms with E-state index < -0.39 is 0 Å². The Kier molecular flexibility index (Phi) is 1.81. The summed E-state index contributed by atoms with van der Waals surface area (Å²) >= 11 is 1.62. The summed E-state index contributed by atoms with van der Waals surface area (Å²) < 4.78 is 0. The van der Waals surface area contributed by atoms with Gasteiger partial charge in [0.25, 0.3) is 0 Å². The molecule has 0 saturated heterocycles. The molecule has 4 nitrogen and oxygen atoms in total. The van der Waals surface area contributed by atoms with E-state index in [1.165, 1.54) is 4.88 Å². The monoisotopic (exact) mass is 194 g/mol. The van der Waals surface area contributed by atoms with E-state index in [-0.39, 0.29) is 0 Å². The number of hydrogen-bond donors (Lipinski definition) is 2. The molecule has 2 aromatic rings. The quantitative estimate of drug-likeness (QED) is 0.724. The molecule has 0 bridgehead atoms. The van der Waals surface area contributed by atoms with Gasteiger partial charge in [-0.2, -0.15) is 4.98 Å². The van der Waals surface area contributed by atoms with Gasteiger partial charge in [0.1, 0.15) is 10.6 Å². The van der Waals surface area contributed by atoms with Crippen molar-refractivity contribution in [3.63, 3.8) is 0 Å². The lowest BCUT2D eigenvalue weighted by atomic mass is 10.3. The van der Waals surface area contributed by atoms with Gasteiger partial charge in [0.05, 0.1) is 5.39 Å². The van der Waals surface area contributed by atoms with Crippen LogP contribution < -0.4 is 11.1 Å². The number of nitrogens with two attached hydrogens (primary N) is 1. The minimum absolute atomic E-state index is 0.318. The van der Waals surface area contributed by atoms with Gasteiger partial charge in [-0.3, -0.25) is 0 Å². The molecule has 0 fully saturated rings. The van der Waals surface area contributed by atoms with Crippen LogP contribution in [0.2, 0.25) is 0 Å². The third kappa shape index (κ3) is 1.31. The van der Waals surface area contributed by atoms with E-state index in [1.54, 1.807) is 11.3 Å². The molecule has 0 unspecified atom stereocenters. The van der Waals surface area contributed by atoms with E-state index in [1.807, 2.05) is 14.0 Å². The Bertz CT molecular complexity index is 449. The predicted octanol–water partition coefficient (Wildman–Crippen LogP) is 1.62. The first-order valence-corrected chi connectivity index (χ1v) is 4.74. The number of nitrogens with one attached hydrogen (secondary N) is 1. The number of nitrogen functional groups attached to an aromatic ring is 1. The molecule has 0 atom stereocenters. The van der Waals surface area contributed by atoms with Crippen molar-refractivity contribution in [3.8, 4) is 0 Å². The SMILES string of the molecule is CNc1nc(N)nc2sc(C)cc12. The number of thiophene rings is 1. The molecule has 0 aliphatic carbocycles. The molecular weight excluding hydrogens is 184 g/mol. The zero-order valence-corrected chi connectivity index (χ0v) is 8.27. The van der Waals surface area contributed by atoms with Crippen LogP contribution in [0.3, 0.4) is 0 Å². The van der Waals surface area contributed by atoms with Crippen molar-refractivity contribution in [2.75, 3.05) is 18.1 Å². The highest BCUT2D eigenvalue weighted by Gasteiger charge is 2.06. The van der Waals surface area contributed by atoms with Crippen LogP contribution in [0.4, 0.5) is 11.8 Å². The van der Waals surface area contributed by atoms with Gasteiger partial charge in [0.2, 0.25) is 5.95 Å². The molecule has 13 heavy (non-hydrogen) atoms. The Labute approximate surface area is 79.8 Å². The number of fused-ring (bicyclic) bond motifs is 1. The molecule has 0 saturated carbocycles. The average Bonchev–Trinajstić information content (AvgIpc) is 2.43. The summed E-state index contributed by atoms with van der Waals surface area (Å²) in [5.41, 5.74) is 5.55. The van der Waals surface area contributed by atoms with E-state index in [0.29, 0.717) is 5.95 Å². The fourth-order valence-corrected chi connectivity index (χ4v) is 2.14. The van der Waals surface area contributed by atoms with Gasteiger partial charge in [-0.15, -0.1) is 11.3 Å². The van der Waals surface area contributed by atoms with E-state index in [9.17, 15) is 0 Å². The van der Waals surface area contributed by atoms with Gasteiger partial charge in [-0.05, 0) is 13.0 Å². The van der Waals surface area contributed by atoms with Crippen molar-refractivity contribution in [2.24, 2.45) is 0 Å². The molecule has 0 aliphatic heterocycles. The Balaban J connectivity index is 2.80. The van der Waals surface area contributed by atoms with E-state index >= 15 is 0 Å². The Morgan fingerprint density at radius 3 is 2.92 bits per heavy atom. The largest absolute Gasteiger partial charge is 0.372 e. The summed E-state index contributed by atoms with van der Waals surface area (Å²) in [5, 5.41) is 4.04. The maximum Gasteiger partial charge on any atom is 0.223 e. The van der Waals surface area contributed by atoms with Crippen molar-refractivity contribution in [1.29, 1.82) is 0 Å². The zero-order chi connectivity index (χ0) is 9.42. The fourth-order valence-electron chi connectivity index (χ4n) is 1.25.